The van der Waals surface area contributed by atoms with Gasteiger partial charge >= 0.3 is 0 Å². The fourth-order valence-corrected chi connectivity index (χ4v) is 4.47. The van der Waals surface area contributed by atoms with Crippen LogP contribution in [0.1, 0.15) is 0 Å². The minimum absolute atomic E-state index is 0.220. The third-order valence-corrected chi connectivity index (χ3v) is 6.39. The number of anilines is 6. The molecule has 8 nitrogen and oxygen atoms in total. The summed E-state index contributed by atoms with van der Waals surface area (Å²) in [6.45, 7) is 6.09. The number of nitrogens with one attached hydrogen (secondary N) is 3. The number of carbonyl (C=O) groups excluding carboxylic acids is 1. The van der Waals surface area contributed by atoms with Gasteiger partial charge in [-0.25, -0.2) is 18.7 Å². The van der Waals surface area contributed by atoms with Crippen molar-refractivity contribution in [3.05, 3.63) is 96.2 Å². The second-order valence-electron chi connectivity index (χ2n) is 8.90. The van der Waals surface area contributed by atoms with Gasteiger partial charge in [0.05, 0.1) is 41.5 Å². The molecular weight excluding hydrogens is 538 g/mol. The van der Waals surface area contributed by atoms with Crippen LogP contribution in [0.15, 0.2) is 79.5 Å². The van der Waals surface area contributed by atoms with Crippen molar-refractivity contribution < 1.29 is 18.3 Å². The number of benzene rings is 3. The van der Waals surface area contributed by atoms with Crippen molar-refractivity contribution in [2.45, 2.75) is 0 Å². The number of hydrogen-bond acceptors (Lipinski definition) is 7. The number of aromatic nitrogens is 2. The number of nitrogens with zero attached hydrogens (tertiary/aromatic N) is 3. The average molecular weight is 563 g/mol. The Balaban J connectivity index is 1.52. The van der Waals surface area contributed by atoms with Crippen LogP contribution in [-0.2, 0) is 9.53 Å². The zero-order valence-electron chi connectivity index (χ0n) is 21.3. The summed E-state index contributed by atoms with van der Waals surface area (Å²) >= 11 is 6.47. The molecule has 11 heteroatoms. The summed E-state index contributed by atoms with van der Waals surface area (Å²) in [5.41, 5.74) is 3.29. The Kier molecular flexibility index (Phi) is 8.18. The maximum absolute atomic E-state index is 14.7. The molecule has 2 heterocycles. The van der Waals surface area contributed by atoms with E-state index in [0.717, 1.165) is 11.8 Å². The zero-order valence-corrected chi connectivity index (χ0v) is 22.0. The average Bonchev–Trinajstić information content (AvgIpc) is 2.95. The van der Waals surface area contributed by atoms with E-state index in [9.17, 15) is 13.6 Å². The molecule has 1 amide bonds. The number of morpholine rings is 1. The molecule has 3 N–H and O–H groups in total. The molecule has 0 bridgehead atoms. The summed E-state index contributed by atoms with van der Waals surface area (Å²) in [6, 6.07) is 15.4. The van der Waals surface area contributed by atoms with Crippen LogP contribution in [0.3, 0.4) is 0 Å². The lowest BCUT2D eigenvalue weighted by Gasteiger charge is -2.30. The van der Waals surface area contributed by atoms with E-state index in [2.05, 4.69) is 37.4 Å². The molecule has 1 aliphatic heterocycles. The second kappa shape index (κ2) is 12.1. The van der Waals surface area contributed by atoms with Crippen molar-refractivity contribution in [1.29, 1.82) is 0 Å². The molecule has 204 valence electrons. The van der Waals surface area contributed by atoms with Gasteiger partial charge in [-0.1, -0.05) is 24.2 Å². The summed E-state index contributed by atoms with van der Waals surface area (Å²) in [5, 5.41) is 9.46. The van der Waals surface area contributed by atoms with Gasteiger partial charge in [-0.2, -0.15) is 0 Å². The second-order valence-corrected chi connectivity index (χ2v) is 9.31. The summed E-state index contributed by atoms with van der Waals surface area (Å²) < 4.78 is 34.0. The topological polar surface area (TPSA) is 91.4 Å². The molecular formula is C29H25ClF2N6O2. The maximum Gasteiger partial charge on any atom is 0.247 e. The number of carbonyl (C=O) groups is 1. The lowest BCUT2D eigenvalue weighted by Crippen LogP contribution is -2.36. The molecule has 4 aromatic rings. The van der Waals surface area contributed by atoms with Gasteiger partial charge in [-0.15, -0.1) is 0 Å². The molecule has 3 aromatic carbocycles. The van der Waals surface area contributed by atoms with Crippen molar-refractivity contribution in [2.24, 2.45) is 0 Å². The summed E-state index contributed by atoms with van der Waals surface area (Å²) in [7, 11) is 0. The van der Waals surface area contributed by atoms with Gasteiger partial charge in [0.2, 0.25) is 11.9 Å². The Morgan fingerprint density at radius 3 is 2.52 bits per heavy atom. The molecule has 5 rings (SSSR count). The summed E-state index contributed by atoms with van der Waals surface area (Å²) in [6.07, 6.45) is 2.60. The summed E-state index contributed by atoms with van der Waals surface area (Å²) in [4.78, 5) is 23.1. The fraction of sp³-hybridized carbons (Fsp3) is 0.138. The van der Waals surface area contributed by atoms with E-state index >= 15 is 0 Å². The van der Waals surface area contributed by atoms with Crippen LogP contribution in [0.25, 0.3) is 11.3 Å². The molecule has 1 aliphatic rings. The van der Waals surface area contributed by atoms with Gasteiger partial charge in [-0.3, -0.25) is 4.79 Å². The van der Waals surface area contributed by atoms with Gasteiger partial charge in [0.25, 0.3) is 0 Å². The Hall–Kier alpha value is -4.54. The summed E-state index contributed by atoms with van der Waals surface area (Å²) in [5.74, 6) is -1.27. The smallest absolute Gasteiger partial charge is 0.247 e. The molecule has 0 radical (unpaired) electrons. The molecule has 40 heavy (non-hydrogen) atoms. The highest BCUT2D eigenvalue weighted by atomic mass is 35.5. The first-order valence-electron chi connectivity index (χ1n) is 12.4. The third-order valence-electron chi connectivity index (χ3n) is 6.07. The van der Waals surface area contributed by atoms with Gasteiger partial charge in [0, 0.05) is 35.7 Å². The normalized spacial score (nSPS) is 13.0. The predicted octanol–water partition coefficient (Wildman–Crippen LogP) is 6.52. The van der Waals surface area contributed by atoms with Crippen LogP contribution in [-0.4, -0.2) is 42.2 Å². The first-order chi connectivity index (χ1) is 19.4. The van der Waals surface area contributed by atoms with Gasteiger partial charge in [0.1, 0.15) is 11.6 Å². The number of rotatable bonds is 8. The van der Waals surface area contributed by atoms with E-state index in [-0.39, 0.29) is 11.6 Å². The van der Waals surface area contributed by atoms with Gasteiger partial charge in [-0.05, 0) is 60.7 Å². The van der Waals surface area contributed by atoms with E-state index in [1.54, 1.807) is 30.3 Å². The number of ether oxygens (including phenoxy) is 1. The highest BCUT2D eigenvalue weighted by molar-refractivity contribution is 6.33. The monoisotopic (exact) mass is 562 g/mol. The van der Waals surface area contributed by atoms with E-state index in [1.807, 2.05) is 6.07 Å². The van der Waals surface area contributed by atoms with Gasteiger partial charge < -0.3 is 25.6 Å². The molecule has 1 aromatic heterocycles. The predicted molar refractivity (Wildman–Crippen MR) is 154 cm³/mol. The quantitative estimate of drug-likeness (QED) is 0.210. The zero-order chi connectivity index (χ0) is 28.1. The van der Waals surface area contributed by atoms with Crippen molar-refractivity contribution in [1.82, 2.24) is 9.97 Å². The van der Waals surface area contributed by atoms with Crippen LogP contribution in [0, 0.1) is 11.6 Å². The number of halogens is 3. The van der Waals surface area contributed by atoms with Crippen LogP contribution < -0.4 is 20.9 Å². The van der Waals surface area contributed by atoms with Crippen LogP contribution >= 0.6 is 11.6 Å². The van der Waals surface area contributed by atoms with Gasteiger partial charge in [0.15, 0.2) is 0 Å². The first kappa shape index (κ1) is 27.0. The third kappa shape index (κ3) is 6.53. The highest BCUT2D eigenvalue weighted by Crippen LogP contribution is 2.34. The molecule has 1 saturated heterocycles. The maximum atomic E-state index is 14.7. The molecule has 1 fully saturated rings. The lowest BCUT2D eigenvalue weighted by atomic mass is 10.1. The molecule has 0 spiro atoms. The van der Waals surface area contributed by atoms with Crippen LogP contribution in [0.2, 0.25) is 5.02 Å². The number of amides is 1. The first-order valence-corrected chi connectivity index (χ1v) is 12.8. The fourth-order valence-electron chi connectivity index (χ4n) is 4.23. The van der Waals surface area contributed by atoms with Crippen LogP contribution in [0.5, 0.6) is 0 Å². The standard InChI is InChI=1S/C29H25ClF2N6O2/c1-2-27(39)35-23-13-18(12-20(32)15-23)28-25(34-21-5-3-4-19(31)14-21)17-33-29(37-28)36-22-6-7-24(30)26(16-22)38-8-10-40-11-9-38/h2-7,12-17,34H,1,8-11H2,(H,35,39)(H,33,36,37). The van der Waals surface area contributed by atoms with E-state index < -0.39 is 17.5 Å². The largest absolute Gasteiger partial charge is 0.378 e. The molecule has 0 atom stereocenters. The molecule has 0 aliphatic carbocycles. The minimum atomic E-state index is -0.588. The van der Waals surface area contributed by atoms with Crippen LogP contribution in [0.4, 0.5) is 43.2 Å². The number of hydrogen-bond donors (Lipinski definition) is 3. The molecule has 0 saturated carbocycles. The van der Waals surface area contributed by atoms with Crippen molar-refractivity contribution in [3.63, 3.8) is 0 Å². The van der Waals surface area contributed by atoms with Crippen molar-refractivity contribution in [3.8, 4) is 11.3 Å². The van der Waals surface area contributed by atoms with E-state index in [4.69, 9.17) is 16.3 Å². The SMILES string of the molecule is C=CC(=O)Nc1cc(F)cc(-c2nc(Nc3ccc(Cl)c(N4CCOCC4)c3)ncc2Nc2cccc(F)c2)c1. The Morgan fingerprint density at radius 2 is 1.75 bits per heavy atom. The molecule has 0 unspecified atom stereocenters. The van der Waals surface area contributed by atoms with E-state index in [0.29, 0.717) is 59.6 Å². The van der Waals surface area contributed by atoms with Crippen molar-refractivity contribution >= 4 is 51.9 Å². The highest BCUT2D eigenvalue weighted by Gasteiger charge is 2.17. The lowest BCUT2D eigenvalue weighted by molar-refractivity contribution is -0.111. The Labute approximate surface area is 234 Å². The van der Waals surface area contributed by atoms with Crippen molar-refractivity contribution in [2.75, 3.05) is 47.2 Å². The Morgan fingerprint density at radius 1 is 0.975 bits per heavy atom. The minimum Gasteiger partial charge on any atom is -0.378 e. The van der Waals surface area contributed by atoms with E-state index in [1.165, 1.54) is 30.5 Å². The Bertz CT molecular complexity index is 1560.